The average Bonchev–Trinajstić information content (AvgIpc) is 2.65. The summed E-state index contributed by atoms with van der Waals surface area (Å²) >= 11 is 0. The average molecular weight is 367 g/mol. The Morgan fingerprint density at radius 3 is 2.07 bits per heavy atom. The van der Waals surface area contributed by atoms with E-state index in [0.717, 1.165) is 16.7 Å². The molecule has 144 valence electrons. The third-order valence-corrected chi connectivity index (χ3v) is 4.50. The van der Waals surface area contributed by atoms with Crippen LogP contribution in [0, 0.1) is 12.3 Å². The van der Waals surface area contributed by atoms with Crippen LogP contribution in [0.4, 0.5) is 0 Å². The Morgan fingerprint density at radius 1 is 0.963 bits per heavy atom. The van der Waals surface area contributed by atoms with Crippen LogP contribution in [0.1, 0.15) is 37.5 Å². The van der Waals surface area contributed by atoms with Crippen LogP contribution in [0.2, 0.25) is 0 Å². The molecule has 4 nitrogen and oxygen atoms in total. The fourth-order valence-corrected chi connectivity index (χ4v) is 2.94. The topological polar surface area (TPSA) is 46.6 Å². The summed E-state index contributed by atoms with van der Waals surface area (Å²) in [4.78, 5) is 27.5. The first-order chi connectivity index (χ1) is 12.7. The first-order valence-corrected chi connectivity index (χ1v) is 9.20. The van der Waals surface area contributed by atoms with Gasteiger partial charge in [0.25, 0.3) is 0 Å². The minimum absolute atomic E-state index is 0.0751. The Morgan fingerprint density at radius 2 is 1.56 bits per heavy atom. The van der Waals surface area contributed by atoms with Crippen LogP contribution < -0.4 is 0 Å². The Bertz CT molecular complexity index is 760. The molecule has 1 atom stereocenters. The number of amides is 1. The van der Waals surface area contributed by atoms with Gasteiger partial charge in [0.1, 0.15) is 6.04 Å². The van der Waals surface area contributed by atoms with Gasteiger partial charge >= 0.3 is 5.97 Å². The summed E-state index contributed by atoms with van der Waals surface area (Å²) < 4.78 is 5.06. The molecule has 0 spiro atoms. The van der Waals surface area contributed by atoms with Crippen LogP contribution in [0.15, 0.2) is 54.6 Å². The van der Waals surface area contributed by atoms with Gasteiger partial charge in [0.15, 0.2) is 0 Å². The number of ether oxygens (including phenoxy) is 1. The van der Waals surface area contributed by atoms with Crippen molar-refractivity contribution in [3.05, 3.63) is 71.3 Å². The molecule has 4 heteroatoms. The summed E-state index contributed by atoms with van der Waals surface area (Å²) in [6.07, 6.45) is 0.418. The number of hydrogen-bond acceptors (Lipinski definition) is 3. The van der Waals surface area contributed by atoms with Crippen LogP contribution in [-0.4, -0.2) is 29.9 Å². The molecule has 2 rings (SSSR count). The molecule has 0 aliphatic rings. The number of aryl methyl sites for hydroxylation is 1. The van der Waals surface area contributed by atoms with E-state index in [0.29, 0.717) is 13.0 Å². The number of benzene rings is 2. The van der Waals surface area contributed by atoms with Crippen molar-refractivity contribution in [3.63, 3.8) is 0 Å². The van der Waals surface area contributed by atoms with E-state index in [1.54, 1.807) is 4.90 Å². The maximum Gasteiger partial charge on any atom is 0.328 e. The van der Waals surface area contributed by atoms with Gasteiger partial charge < -0.3 is 9.64 Å². The summed E-state index contributed by atoms with van der Waals surface area (Å²) in [7, 11) is 1.37. The van der Waals surface area contributed by atoms with Crippen LogP contribution in [0.3, 0.4) is 0 Å². The van der Waals surface area contributed by atoms with Crippen molar-refractivity contribution < 1.29 is 14.3 Å². The molecule has 0 saturated heterocycles. The number of carbonyl (C=O) groups excluding carboxylic acids is 2. The van der Waals surface area contributed by atoms with Gasteiger partial charge in [-0.3, -0.25) is 4.79 Å². The minimum atomic E-state index is -0.676. The van der Waals surface area contributed by atoms with E-state index in [4.69, 9.17) is 4.74 Å². The van der Waals surface area contributed by atoms with E-state index in [2.05, 4.69) is 0 Å². The van der Waals surface area contributed by atoms with Crippen LogP contribution in [0.25, 0.3) is 0 Å². The van der Waals surface area contributed by atoms with Crippen molar-refractivity contribution in [2.24, 2.45) is 5.41 Å². The largest absolute Gasteiger partial charge is 0.467 e. The zero-order chi connectivity index (χ0) is 20.0. The quantitative estimate of drug-likeness (QED) is 0.721. The normalized spacial score (nSPS) is 12.3. The SMILES string of the molecule is COC(=O)[C@H](Cc1ccc(C)cc1)N(Cc1ccccc1)C(=O)C(C)(C)C. The van der Waals surface area contributed by atoms with Gasteiger partial charge in [0.05, 0.1) is 7.11 Å². The Hall–Kier alpha value is -2.62. The lowest BCUT2D eigenvalue weighted by molar-refractivity contribution is -0.156. The Labute approximate surface area is 162 Å². The highest BCUT2D eigenvalue weighted by atomic mass is 16.5. The number of rotatable bonds is 6. The van der Waals surface area contributed by atoms with Gasteiger partial charge in [-0.15, -0.1) is 0 Å². The van der Waals surface area contributed by atoms with Gasteiger partial charge in [-0.05, 0) is 18.1 Å². The second-order valence-corrected chi connectivity index (χ2v) is 7.90. The van der Waals surface area contributed by atoms with Gasteiger partial charge in [-0.2, -0.15) is 0 Å². The molecule has 0 N–H and O–H groups in total. The molecule has 0 heterocycles. The van der Waals surface area contributed by atoms with Crippen molar-refractivity contribution >= 4 is 11.9 Å². The number of carbonyl (C=O) groups is 2. The maximum atomic E-state index is 13.2. The molecule has 1 amide bonds. The molecule has 0 saturated carbocycles. The zero-order valence-electron chi connectivity index (χ0n) is 16.9. The van der Waals surface area contributed by atoms with Crippen molar-refractivity contribution in [2.75, 3.05) is 7.11 Å². The molecule has 2 aromatic rings. The Balaban J connectivity index is 2.40. The summed E-state index contributed by atoms with van der Waals surface area (Å²) in [6.45, 7) is 7.99. The standard InChI is InChI=1S/C23H29NO3/c1-17-11-13-18(14-12-17)15-20(21(25)27-5)24(22(26)23(2,3)4)16-19-9-7-6-8-10-19/h6-14,20H,15-16H2,1-5H3/t20-/m0/s1. The number of esters is 1. The molecule has 27 heavy (non-hydrogen) atoms. The lowest BCUT2D eigenvalue weighted by Gasteiger charge is -2.35. The number of hydrogen-bond donors (Lipinski definition) is 0. The van der Waals surface area contributed by atoms with Gasteiger partial charge in [-0.1, -0.05) is 80.9 Å². The minimum Gasteiger partial charge on any atom is -0.467 e. The summed E-state index contributed by atoms with van der Waals surface area (Å²) in [5.74, 6) is -0.474. The van der Waals surface area contributed by atoms with Crippen molar-refractivity contribution in [1.29, 1.82) is 0 Å². The highest BCUT2D eigenvalue weighted by molar-refractivity contribution is 5.87. The zero-order valence-corrected chi connectivity index (χ0v) is 16.9. The second kappa shape index (κ2) is 8.85. The first kappa shape index (κ1) is 20.7. The van der Waals surface area contributed by atoms with Gasteiger partial charge in [0.2, 0.25) is 5.91 Å². The lowest BCUT2D eigenvalue weighted by Crippen LogP contribution is -2.50. The fourth-order valence-electron chi connectivity index (χ4n) is 2.94. The summed E-state index contributed by atoms with van der Waals surface area (Å²) in [6, 6.07) is 17.1. The molecule has 0 aliphatic carbocycles. The molecule has 0 bridgehead atoms. The van der Waals surface area contributed by atoms with E-state index in [1.807, 2.05) is 82.3 Å². The summed E-state index contributed by atoms with van der Waals surface area (Å²) in [5, 5.41) is 0. The van der Waals surface area contributed by atoms with Crippen LogP contribution >= 0.6 is 0 Å². The Kier molecular flexibility index (Phi) is 6.78. The van der Waals surface area contributed by atoms with E-state index < -0.39 is 17.4 Å². The molecule has 0 aliphatic heterocycles. The third kappa shape index (κ3) is 5.68. The van der Waals surface area contributed by atoms with Gasteiger partial charge in [-0.25, -0.2) is 4.79 Å². The predicted octanol–water partition coefficient (Wildman–Crippen LogP) is 4.15. The second-order valence-electron chi connectivity index (χ2n) is 7.90. The predicted molar refractivity (Wildman–Crippen MR) is 107 cm³/mol. The van der Waals surface area contributed by atoms with Crippen molar-refractivity contribution in [1.82, 2.24) is 4.90 Å². The molecule has 0 fully saturated rings. The number of methoxy groups -OCH3 is 1. The van der Waals surface area contributed by atoms with Crippen molar-refractivity contribution in [2.45, 2.75) is 46.7 Å². The van der Waals surface area contributed by atoms with E-state index >= 15 is 0 Å². The fraction of sp³-hybridized carbons (Fsp3) is 0.391. The lowest BCUT2D eigenvalue weighted by atomic mass is 9.92. The molecule has 0 radical (unpaired) electrons. The smallest absolute Gasteiger partial charge is 0.328 e. The van der Waals surface area contributed by atoms with Gasteiger partial charge in [0, 0.05) is 18.4 Å². The van der Waals surface area contributed by atoms with Crippen molar-refractivity contribution in [3.8, 4) is 0 Å². The maximum absolute atomic E-state index is 13.2. The monoisotopic (exact) mass is 367 g/mol. The summed E-state index contributed by atoms with van der Waals surface area (Å²) in [5.41, 5.74) is 2.53. The number of nitrogens with zero attached hydrogens (tertiary/aromatic N) is 1. The molecular weight excluding hydrogens is 338 g/mol. The first-order valence-electron chi connectivity index (χ1n) is 9.20. The van der Waals surface area contributed by atoms with E-state index in [1.165, 1.54) is 7.11 Å². The molecular formula is C23H29NO3. The highest BCUT2D eigenvalue weighted by Gasteiger charge is 2.36. The molecule has 0 unspecified atom stereocenters. The highest BCUT2D eigenvalue weighted by Crippen LogP contribution is 2.24. The van der Waals surface area contributed by atoms with E-state index in [9.17, 15) is 9.59 Å². The molecule has 2 aromatic carbocycles. The third-order valence-electron chi connectivity index (χ3n) is 4.50. The molecule has 0 aromatic heterocycles. The van der Waals surface area contributed by atoms with Crippen LogP contribution in [-0.2, 0) is 27.3 Å². The van der Waals surface area contributed by atoms with Crippen LogP contribution in [0.5, 0.6) is 0 Å². The van der Waals surface area contributed by atoms with E-state index in [-0.39, 0.29) is 5.91 Å².